The van der Waals surface area contributed by atoms with Gasteiger partial charge in [0.05, 0.1) is 11.7 Å². The number of carbonyl (C=O) groups excluding carboxylic acids is 1. The summed E-state index contributed by atoms with van der Waals surface area (Å²) >= 11 is 1.54. The lowest BCUT2D eigenvalue weighted by atomic mass is 10.2. The fourth-order valence-corrected chi connectivity index (χ4v) is 2.40. The molecule has 5 heteroatoms. The van der Waals surface area contributed by atoms with E-state index in [1.54, 1.807) is 6.92 Å². The number of hydrogen-bond acceptors (Lipinski definition) is 3. The second kappa shape index (κ2) is 7.84. The minimum absolute atomic E-state index is 0.0538. The van der Waals surface area contributed by atoms with Crippen molar-refractivity contribution in [1.82, 2.24) is 5.32 Å². The first kappa shape index (κ1) is 15.6. The second-order valence-corrected chi connectivity index (χ2v) is 5.78. The van der Waals surface area contributed by atoms with Crippen molar-refractivity contribution < 1.29 is 14.7 Å². The van der Waals surface area contributed by atoms with E-state index in [0.717, 1.165) is 5.75 Å². The van der Waals surface area contributed by atoms with Crippen LogP contribution in [0.15, 0.2) is 30.3 Å². The Bertz CT molecular complexity index is 422. The zero-order chi connectivity index (χ0) is 14.3. The van der Waals surface area contributed by atoms with Crippen molar-refractivity contribution in [3.63, 3.8) is 0 Å². The highest BCUT2D eigenvalue weighted by Crippen LogP contribution is 2.17. The normalized spacial score (nSPS) is 13.6. The van der Waals surface area contributed by atoms with E-state index in [1.807, 2.05) is 37.3 Å². The minimum Gasteiger partial charge on any atom is -0.481 e. The maximum atomic E-state index is 11.8. The minimum atomic E-state index is -0.905. The number of rotatable bonds is 7. The van der Waals surface area contributed by atoms with Gasteiger partial charge >= 0.3 is 5.97 Å². The van der Waals surface area contributed by atoms with Crippen molar-refractivity contribution in [2.75, 3.05) is 0 Å². The maximum absolute atomic E-state index is 11.8. The predicted octanol–water partition coefficient (Wildman–Crippen LogP) is 2.29. The molecule has 0 aliphatic carbocycles. The Kier molecular flexibility index (Phi) is 6.42. The van der Waals surface area contributed by atoms with Crippen LogP contribution in [0.2, 0.25) is 0 Å². The van der Waals surface area contributed by atoms with E-state index in [-0.39, 0.29) is 23.6 Å². The third-order valence-corrected chi connectivity index (χ3v) is 3.80. The smallest absolute Gasteiger partial charge is 0.305 e. The number of benzene rings is 1. The topological polar surface area (TPSA) is 66.4 Å². The van der Waals surface area contributed by atoms with Crippen molar-refractivity contribution in [3.8, 4) is 0 Å². The Labute approximate surface area is 117 Å². The van der Waals surface area contributed by atoms with Gasteiger partial charge in [-0.3, -0.25) is 9.59 Å². The monoisotopic (exact) mass is 281 g/mol. The molecule has 2 atom stereocenters. The van der Waals surface area contributed by atoms with Crippen LogP contribution in [0.4, 0.5) is 0 Å². The van der Waals surface area contributed by atoms with Gasteiger partial charge in [0.25, 0.3) is 0 Å². The van der Waals surface area contributed by atoms with Gasteiger partial charge in [-0.2, -0.15) is 0 Å². The molecule has 1 amide bonds. The lowest BCUT2D eigenvalue weighted by Gasteiger charge is -2.16. The Morgan fingerprint density at radius 1 is 1.26 bits per heavy atom. The number of hydrogen-bond donors (Lipinski definition) is 2. The molecule has 1 aromatic rings. The lowest BCUT2D eigenvalue weighted by Crippen LogP contribution is -2.38. The van der Waals surface area contributed by atoms with Gasteiger partial charge in [0.1, 0.15) is 0 Å². The van der Waals surface area contributed by atoms with E-state index in [2.05, 4.69) is 5.32 Å². The summed E-state index contributed by atoms with van der Waals surface area (Å²) in [5, 5.41) is 11.1. The number of amides is 1. The number of carbonyl (C=O) groups is 2. The Morgan fingerprint density at radius 2 is 1.89 bits per heavy atom. The molecule has 0 aliphatic heterocycles. The zero-order valence-corrected chi connectivity index (χ0v) is 11.9. The Morgan fingerprint density at radius 3 is 2.47 bits per heavy atom. The molecular weight excluding hydrogens is 262 g/mol. The van der Waals surface area contributed by atoms with E-state index in [1.165, 1.54) is 17.3 Å². The van der Waals surface area contributed by atoms with Crippen LogP contribution in [-0.2, 0) is 15.3 Å². The zero-order valence-electron chi connectivity index (χ0n) is 11.1. The largest absolute Gasteiger partial charge is 0.481 e. The van der Waals surface area contributed by atoms with Gasteiger partial charge in [-0.1, -0.05) is 30.3 Å². The molecule has 1 rings (SSSR count). The summed E-state index contributed by atoms with van der Waals surface area (Å²) in [6.45, 7) is 3.52. The predicted molar refractivity (Wildman–Crippen MR) is 77.1 cm³/mol. The molecule has 0 fully saturated rings. The molecule has 1 aromatic carbocycles. The molecule has 19 heavy (non-hydrogen) atoms. The van der Waals surface area contributed by atoms with E-state index >= 15 is 0 Å². The summed E-state index contributed by atoms with van der Waals surface area (Å²) in [6.07, 6.45) is -0.0538. The first-order valence-electron chi connectivity index (χ1n) is 6.16. The molecule has 0 aliphatic rings. The van der Waals surface area contributed by atoms with Gasteiger partial charge in [-0.25, -0.2) is 0 Å². The lowest BCUT2D eigenvalue weighted by molar-refractivity contribution is -0.137. The van der Waals surface area contributed by atoms with Crippen LogP contribution in [0, 0.1) is 0 Å². The third kappa shape index (κ3) is 6.29. The molecule has 2 N–H and O–H groups in total. The Balaban J connectivity index is 2.34. The van der Waals surface area contributed by atoms with E-state index in [0.29, 0.717) is 0 Å². The average Bonchev–Trinajstić information content (AvgIpc) is 2.36. The van der Waals surface area contributed by atoms with E-state index in [4.69, 9.17) is 5.11 Å². The van der Waals surface area contributed by atoms with Crippen LogP contribution in [0.1, 0.15) is 25.8 Å². The molecule has 0 spiro atoms. The van der Waals surface area contributed by atoms with Crippen molar-refractivity contribution in [2.45, 2.75) is 37.3 Å². The number of carboxylic acids is 1. The summed E-state index contributed by atoms with van der Waals surface area (Å²) in [4.78, 5) is 22.3. The number of aliphatic carboxylic acids is 1. The highest BCUT2D eigenvalue weighted by Gasteiger charge is 2.17. The molecule has 0 bridgehead atoms. The van der Waals surface area contributed by atoms with Gasteiger partial charge in [-0.05, 0) is 19.4 Å². The molecular formula is C14H19NO3S. The van der Waals surface area contributed by atoms with Crippen molar-refractivity contribution in [1.29, 1.82) is 0 Å². The van der Waals surface area contributed by atoms with Crippen LogP contribution < -0.4 is 5.32 Å². The fourth-order valence-electron chi connectivity index (χ4n) is 1.54. The standard InChI is InChI=1S/C14H19NO3S/c1-10(8-13(16)17)15-14(18)11(2)19-9-12-6-4-3-5-7-12/h3-7,10-11H,8-9H2,1-2H3,(H,15,18)(H,16,17). The van der Waals surface area contributed by atoms with E-state index in [9.17, 15) is 9.59 Å². The van der Waals surface area contributed by atoms with Gasteiger partial charge in [0, 0.05) is 11.8 Å². The van der Waals surface area contributed by atoms with Crippen LogP contribution in [0.5, 0.6) is 0 Å². The number of nitrogens with one attached hydrogen (secondary N) is 1. The maximum Gasteiger partial charge on any atom is 0.305 e. The fraction of sp³-hybridized carbons (Fsp3) is 0.429. The van der Waals surface area contributed by atoms with Crippen LogP contribution in [0.25, 0.3) is 0 Å². The van der Waals surface area contributed by atoms with Crippen molar-refractivity contribution in [2.24, 2.45) is 0 Å². The summed E-state index contributed by atoms with van der Waals surface area (Å²) in [5.74, 6) is -0.255. The van der Waals surface area contributed by atoms with Gasteiger partial charge < -0.3 is 10.4 Å². The summed E-state index contributed by atoms with van der Waals surface area (Å²) in [6, 6.07) is 9.59. The molecule has 0 heterocycles. The van der Waals surface area contributed by atoms with Gasteiger partial charge in [-0.15, -0.1) is 11.8 Å². The second-order valence-electron chi connectivity index (χ2n) is 4.45. The molecule has 0 radical (unpaired) electrons. The quantitative estimate of drug-likeness (QED) is 0.804. The summed E-state index contributed by atoms with van der Waals surface area (Å²) in [5.41, 5.74) is 1.17. The van der Waals surface area contributed by atoms with Crippen molar-refractivity contribution >= 4 is 23.6 Å². The summed E-state index contributed by atoms with van der Waals surface area (Å²) < 4.78 is 0. The molecule has 0 saturated heterocycles. The first-order valence-corrected chi connectivity index (χ1v) is 7.21. The highest BCUT2D eigenvalue weighted by atomic mass is 32.2. The molecule has 2 unspecified atom stereocenters. The first-order chi connectivity index (χ1) is 8.99. The van der Waals surface area contributed by atoms with Gasteiger partial charge in [0.2, 0.25) is 5.91 Å². The van der Waals surface area contributed by atoms with Crippen LogP contribution in [0.3, 0.4) is 0 Å². The van der Waals surface area contributed by atoms with Crippen molar-refractivity contribution in [3.05, 3.63) is 35.9 Å². The molecule has 0 aromatic heterocycles. The SMILES string of the molecule is CC(CC(=O)O)NC(=O)C(C)SCc1ccccc1. The average molecular weight is 281 g/mol. The summed E-state index contributed by atoms with van der Waals surface area (Å²) in [7, 11) is 0. The van der Waals surface area contributed by atoms with E-state index < -0.39 is 5.97 Å². The Hall–Kier alpha value is -1.49. The van der Waals surface area contributed by atoms with Crippen LogP contribution in [-0.4, -0.2) is 28.3 Å². The van der Waals surface area contributed by atoms with Crippen LogP contribution >= 0.6 is 11.8 Å². The third-order valence-electron chi connectivity index (χ3n) is 2.58. The van der Waals surface area contributed by atoms with Gasteiger partial charge in [0.15, 0.2) is 0 Å². The highest BCUT2D eigenvalue weighted by molar-refractivity contribution is 7.99. The molecule has 0 saturated carbocycles. The number of thioether (sulfide) groups is 1. The number of carboxylic acid groups (broad SMARTS) is 1. The molecule has 104 valence electrons. The molecule has 4 nitrogen and oxygen atoms in total.